The van der Waals surface area contributed by atoms with E-state index in [4.69, 9.17) is 4.42 Å². The molecule has 1 N–H and O–H groups in total. The normalized spacial score (nSPS) is 13.8. The topological polar surface area (TPSA) is 34.4 Å². The summed E-state index contributed by atoms with van der Waals surface area (Å²) in [6.45, 7) is 2.34. The van der Waals surface area contributed by atoms with Crippen LogP contribution in [0.5, 0.6) is 0 Å². The third kappa shape index (κ3) is 3.32. The highest BCUT2D eigenvalue weighted by atomic mass is 19.4. The van der Waals surface area contributed by atoms with Gasteiger partial charge >= 0.3 is 6.18 Å². The van der Waals surface area contributed by atoms with Gasteiger partial charge in [-0.05, 0) is 19.4 Å². The maximum Gasteiger partial charge on any atom is 0.413 e. The van der Waals surface area contributed by atoms with Crippen molar-refractivity contribution in [3.8, 4) is 0 Å². The van der Waals surface area contributed by atoms with Gasteiger partial charge in [0.1, 0.15) is 11.3 Å². The first-order valence-corrected chi connectivity index (χ1v) is 6.36. The lowest BCUT2D eigenvalue weighted by Gasteiger charge is -2.14. The van der Waals surface area contributed by atoms with Crippen LogP contribution >= 0.6 is 0 Å². The molecule has 20 heavy (non-hydrogen) atoms. The molecule has 3 nitrogen and oxygen atoms in total. The van der Waals surface area contributed by atoms with Gasteiger partial charge in [-0.15, -0.1) is 0 Å². The van der Waals surface area contributed by atoms with Crippen LogP contribution in [-0.2, 0) is 11.3 Å². The molecule has 0 saturated carbocycles. The number of alkyl halides is 3. The number of halogens is 3. The van der Waals surface area contributed by atoms with E-state index >= 15 is 0 Å². The first-order valence-electron chi connectivity index (χ1n) is 6.36. The molecule has 1 aromatic heterocycles. The summed E-state index contributed by atoms with van der Waals surface area (Å²) in [5.74, 6) is 0.607. The standard InChI is InChI=1S/C14H16F3NO2/c1-3-10-11-6-4-5-7-12(11)20-13(10)9(2)18-19-8-14(15,16)17/h4-7,9,18H,3,8H2,1-2H3. The van der Waals surface area contributed by atoms with Gasteiger partial charge in [0, 0.05) is 10.9 Å². The first-order chi connectivity index (χ1) is 9.42. The quantitative estimate of drug-likeness (QED) is 0.839. The van der Waals surface area contributed by atoms with Gasteiger partial charge in [-0.3, -0.25) is 4.84 Å². The summed E-state index contributed by atoms with van der Waals surface area (Å²) in [5.41, 5.74) is 4.09. The third-order valence-electron chi connectivity index (χ3n) is 2.97. The molecular weight excluding hydrogens is 271 g/mol. The van der Waals surface area contributed by atoms with E-state index in [1.54, 1.807) is 6.92 Å². The van der Waals surface area contributed by atoms with E-state index in [1.807, 2.05) is 31.2 Å². The zero-order chi connectivity index (χ0) is 14.8. The van der Waals surface area contributed by atoms with Crippen molar-refractivity contribution in [1.29, 1.82) is 0 Å². The van der Waals surface area contributed by atoms with Crippen molar-refractivity contribution in [2.75, 3.05) is 6.61 Å². The van der Waals surface area contributed by atoms with Crippen molar-refractivity contribution in [1.82, 2.24) is 5.48 Å². The molecule has 2 rings (SSSR count). The molecule has 1 unspecified atom stereocenters. The lowest BCUT2D eigenvalue weighted by molar-refractivity contribution is -0.193. The van der Waals surface area contributed by atoms with Gasteiger partial charge in [0.2, 0.25) is 0 Å². The van der Waals surface area contributed by atoms with Gasteiger partial charge in [-0.1, -0.05) is 25.1 Å². The van der Waals surface area contributed by atoms with Crippen LogP contribution in [0.3, 0.4) is 0 Å². The van der Waals surface area contributed by atoms with Crippen LogP contribution < -0.4 is 5.48 Å². The SMILES string of the molecule is CCc1c(C(C)NOCC(F)(F)F)oc2ccccc12. The van der Waals surface area contributed by atoms with Crippen molar-refractivity contribution in [2.45, 2.75) is 32.5 Å². The van der Waals surface area contributed by atoms with E-state index in [2.05, 4.69) is 10.3 Å². The Labute approximate surface area is 114 Å². The molecule has 110 valence electrons. The second-order valence-corrected chi connectivity index (χ2v) is 4.54. The Kier molecular flexibility index (Phi) is 4.35. The number of hydrogen-bond donors (Lipinski definition) is 1. The maximum atomic E-state index is 12.0. The average molecular weight is 287 g/mol. The number of fused-ring (bicyclic) bond motifs is 1. The number of rotatable bonds is 5. The van der Waals surface area contributed by atoms with Gasteiger partial charge in [0.05, 0.1) is 6.04 Å². The smallest absolute Gasteiger partial charge is 0.413 e. The Morgan fingerprint density at radius 1 is 1.30 bits per heavy atom. The number of aryl methyl sites for hydroxylation is 1. The fourth-order valence-corrected chi connectivity index (χ4v) is 2.13. The fraction of sp³-hybridized carbons (Fsp3) is 0.429. The van der Waals surface area contributed by atoms with E-state index in [0.717, 1.165) is 23.0 Å². The molecule has 0 saturated heterocycles. The minimum Gasteiger partial charge on any atom is -0.459 e. The molecule has 0 bridgehead atoms. The van der Waals surface area contributed by atoms with Crippen molar-refractivity contribution in [3.63, 3.8) is 0 Å². The Morgan fingerprint density at radius 2 is 2.00 bits per heavy atom. The zero-order valence-electron chi connectivity index (χ0n) is 11.3. The second-order valence-electron chi connectivity index (χ2n) is 4.54. The zero-order valence-corrected chi connectivity index (χ0v) is 11.3. The highest BCUT2D eigenvalue weighted by molar-refractivity contribution is 5.82. The molecule has 2 aromatic rings. The molecule has 1 heterocycles. The Balaban J connectivity index is 2.15. The van der Waals surface area contributed by atoms with Crippen LogP contribution in [0.2, 0.25) is 0 Å². The van der Waals surface area contributed by atoms with Crippen molar-refractivity contribution >= 4 is 11.0 Å². The Bertz CT molecular complexity index is 577. The first kappa shape index (κ1) is 14.9. The fourth-order valence-electron chi connectivity index (χ4n) is 2.13. The molecule has 0 aliphatic heterocycles. The van der Waals surface area contributed by atoms with Crippen LogP contribution in [0.25, 0.3) is 11.0 Å². The van der Waals surface area contributed by atoms with Crippen molar-refractivity contribution in [2.24, 2.45) is 0 Å². The van der Waals surface area contributed by atoms with Gasteiger partial charge in [0.15, 0.2) is 6.61 Å². The molecule has 0 radical (unpaired) electrons. The second kappa shape index (κ2) is 5.85. The summed E-state index contributed by atoms with van der Waals surface area (Å²) >= 11 is 0. The monoisotopic (exact) mass is 287 g/mol. The lowest BCUT2D eigenvalue weighted by atomic mass is 10.1. The average Bonchev–Trinajstić information content (AvgIpc) is 2.75. The molecule has 0 aliphatic carbocycles. The van der Waals surface area contributed by atoms with Crippen LogP contribution in [0, 0.1) is 0 Å². The lowest BCUT2D eigenvalue weighted by Crippen LogP contribution is -2.27. The minimum atomic E-state index is -4.35. The predicted octanol–water partition coefficient (Wildman–Crippen LogP) is 4.14. The van der Waals surface area contributed by atoms with Crippen LogP contribution in [0.1, 0.15) is 31.2 Å². The molecule has 6 heteroatoms. The molecule has 1 aromatic carbocycles. The number of hydrogen-bond acceptors (Lipinski definition) is 3. The van der Waals surface area contributed by atoms with Crippen molar-refractivity contribution in [3.05, 3.63) is 35.6 Å². The summed E-state index contributed by atoms with van der Waals surface area (Å²) < 4.78 is 41.8. The summed E-state index contributed by atoms with van der Waals surface area (Å²) in [6.07, 6.45) is -3.62. The number of para-hydroxylation sites is 1. The van der Waals surface area contributed by atoms with Gasteiger partial charge in [-0.25, -0.2) is 0 Å². The minimum absolute atomic E-state index is 0.459. The van der Waals surface area contributed by atoms with E-state index in [1.165, 1.54) is 0 Å². The summed E-state index contributed by atoms with van der Waals surface area (Å²) in [7, 11) is 0. The van der Waals surface area contributed by atoms with E-state index < -0.39 is 18.8 Å². The summed E-state index contributed by atoms with van der Waals surface area (Å²) in [5, 5.41) is 0.981. The van der Waals surface area contributed by atoms with E-state index in [0.29, 0.717) is 5.76 Å². The van der Waals surface area contributed by atoms with Crippen LogP contribution in [0.15, 0.2) is 28.7 Å². The van der Waals surface area contributed by atoms with Crippen LogP contribution in [0.4, 0.5) is 13.2 Å². The predicted molar refractivity (Wildman–Crippen MR) is 69.1 cm³/mol. The highest BCUT2D eigenvalue weighted by Crippen LogP contribution is 2.30. The number of nitrogens with one attached hydrogen (secondary N) is 1. The Hall–Kier alpha value is -1.53. The molecular formula is C14H16F3NO2. The third-order valence-corrected chi connectivity index (χ3v) is 2.97. The van der Waals surface area contributed by atoms with Crippen LogP contribution in [-0.4, -0.2) is 12.8 Å². The van der Waals surface area contributed by atoms with Gasteiger partial charge < -0.3 is 4.42 Å². The van der Waals surface area contributed by atoms with E-state index in [-0.39, 0.29) is 0 Å². The van der Waals surface area contributed by atoms with Gasteiger partial charge in [0.25, 0.3) is 0 Å². The molecule has 0 fully saturated rings. The molecule has 0 spiro atoms. The molecule has 0 amide bonds. The van der Waals surface area contributed by atoms with Gasteiger partial charge in [-0.2, -0.15) is 18.7 Å². The summed E-state index contributed by atoms with van der Waals surface area (Å²) in [6, 6.07) is 7.07. The molecule has 1 atom stereocenters. The maximum absolute atomic E-state index is 12.0. The van der Waals surface area contributed by atoms with E-state index in [9.17, 15) is 13.2 Å². The highest BCUT2D eigenvalue weighted by Gasteiger charge is 2.28. The Morgan fingerprint density at radius 3 is 2.65 bits per heavy atom. The number of hydroxylamine groups is 1. The summed E-state index contributed by atoms with van der Waals surface area (Å²) in [4.78, 5) is 4.47. The largest absolute Gasteiger partial charge is 0.459 e. The van der Waals surface area contributed by atoms with Crippen molar-refractivity contribution < 1.29 is 22.4 Å². The number of furan rings is 1. The number of benzene rings is 1. The molecule has 0 aliphatic rings.